The Morgan fingerprint density at radius 1 is 0.659 bits per heavy atom. The third-order valence-electron chi connectivity index (χ3n) is 6.35. The Morgan fingerprint density at radius 3 is 1.86 bits per heavy atom. The fourth-order valence-electron chi connectivity index (χ4n) is 3.86. The van der Waals surface area contributed by atoms with Crippen molar-refractivity contribution in [2.45, 2.75) is 58.8 Å². The summed E-state index contributed by atoms with van der Waals surface area (Å²) in [6.07, 6.45) is 9.21. The molecule has 0 radical (unpaired) electrons. The average molecular weight is 609 g/mol. The zero-order chi connectivity index (χ0) is 31.7. The number of halogens is 3. The maximum Gasteiger partial charge on any atom is 0.343 e. The van der Waals surface area contributed by atoms with E-state index in [1.54, 1.807) is 24.3 Å². The number of esters is 2. The van der Waals surface area contributed by atoms with Crippen molar-refractivity contribution < 1.29 is 37.0 Å². The first-order valence-corrected chi connectivity index (χ1v) is 14.5. The molecule has 2 heterocycles. The maximum atomic E-state index is 13.4. The standard InChI is InChI=1S/C20H23F2NO3.C14H12FNO2/c1-2-3-4-5-6-7-14-25-16-10-8-15(9-11-16)20(24)26-17-12-13-18(21)23-19(17)22;1-2-10-3-5-11(6-4-10)14(17)18-12-7-8-13(15)16-9-12/h8-13H,2-7,14H2,1H3;3-9H,2H2,1H3. The molecule has 0 aliphatic heterocycles. The van der Waals surface area contributed by atoms with Gasteiger partial charge in [0.05, 0.1) is 23.9 Å². The molecular formula is C34H35F3N2O5. The van der Waals surface area contributed by atoms with Gasteiger partial charge in [-0.15, -0.1) is 0 Å². The smallest absolute Gasteiger partial charge is 0.343 e. The molecule has 2 aromatic carbocycles. The lowest BCUT2D eigenvalue weighted by Crippen LogP contribution is -2.10. The molecule has 0 fully saturated rings. The fourth-order valence-corrected chi connectivity index (χ4v) is 3.86. The Hall–Kier alpha value is -4.73. The zero-order valence-electron chi connectivity index (χ0n) is 24.7. The molecule has 232 valence electrons. The summed E-state index contributed by atoms with van der Waals surface area (Å²) in [4.78, 5) is 30.1. The number of hydrogen-bond donors (Lipinski definition) is 0. The summed E-state index contributed by atoms with van der Waals surface area (Å²) < 4.78 is 54.3. The summed E-state index contributed by atoms with van der Waals surface area (Å²) in [5.41, 5.74) is 1.84. The van der Waals surface area contributed by atoms with Gasteiger partial charge in [-0.3, -0.25) is 0 Å². The molecule has 0 saturated heterocycles. The van der Waals surface area contributed by atoms with E-state index in [-0.39, 0.29) is 11.3 Å². The van der Waals surface area contributed by atoms with Gasteiger partial charge in [0.2, 0.25) is 11.9 Å². The van der Waals surface area contributed by atoms with Crippen LogP contribution < -0.4 is 14.2 Å². The van der Waals surface area contributed by atoms with Crippen LogP contribution in [0.25, 0.3) is 0 Å². The fraction of sp³-hybridized carbons (Fsp3) is 0.294. The number of carbonyl (C=O) groups is 2. The van der Waals surface area contributed by atoms with Crippen LogP contribution in [-0.2, 0) is 6.42 Å². The SMILES string of the molecule is CCCCCCCCOc1ccc(C(=O)Oc2ccc(F)nc2F)cc1.CCc1ccc(C(=O)Oc2ccc(F)nc2)cc1. The van der Waals surface area contributed by atoms with Crippen molar-refractivity contribution in [2.75, 3.05) is 6.61 Å². The molecule has 0 aliphatic rings. The highest BCUT2D eigenvalue weighted by atomic mass is 19.1. The van der Waals surface area contributed by atoms with Crippen molar-refractivity contribution in [2.24, 2.45) is 0 Å². The second-order valence-corrected chi connectivity index (χ2v) is 9.71. The van der Waals surface area contributed by atoms with Crippen molar-refractivity contribution in [3.8, 4) is 17.2 Å². The average Bonchev–Trinajstić information content (AvgIpc) is 3.03. The normalized spacial score (nSPS) is 10.4. The Labute approximate surface area is 255 Å². The van der Waals surface area contributed by atoms with Gasteiger partial charge in [0.15, 0.2) is 5.75 Å². The first-order chi connectivity index (χ1) is 21.3. The molecule has 7 nitrogen and oxygen atoms in total. The molecule has 0 amide bonds. The van der Waals surface area contributed by atoms with E-state index >= 15 is 0 Å². The number of ether oxygens (including phenoxy) is 3. The number of hydrogen-bond acceptors (Lipinski definition) is 7. The summed E-state index contributed by atoms with van der Waals surface area (Å²) in [6.45, 7) is 4.86. The van der Waals surface area contributed by atoms with E-state index in [2.05, 4.69) is 16.9 Å². The van der Waals surface area contributed by atoms with Crippen LogP contribution in [-0.4, -0.2) is 28.5 Å². The molecule has 0 bridgehead atoms. The summed E-state index contributed by atoms with van der Waals surface area (Å²) in [7, 11) is 0. The molecule has 0 saturated carbocycles. The van der Waals surface area contributed by atoms with Gasteiger partial charge in [-0.2, -0.15) is 18.2 Å². The van der Waals surface area contributed by atoms with Gasteiger partial charge >= 0.3 is 11.9 Å². The predicted octanol–water partition coefficient (Wildman–Crippen LogP) is 8.32. The number of aromatic nitrogens is 2. The maximum absolute atomic E-state index is 13.4. The highest BCUT2D eigenvalue weighted by Crippen LogP contribution is 2.19. The topological polar surface area (TPSA) is 87.6 Å². The van der Waals surface area contributed by atoms with Crippen molar-refractivity contribution >= 4 is 11.9 Å². The molecular weight excluding hydrogens is 573 g/mol. The number of rotatable bonds is 13. The van der Waals surface area contributed by atoms with Crippen LogP contribution in [0.5, 0.6) is 17.2 Å². The van der Waals surface area contributed by atoms with Crippen LogP contribution in [0.1, 0.15) is 78.7 Å². The molecule has 4 aromatic rings. The molecule has 10 heteroatoms. The first kappa shape index (κ1) is 33.8. The van der Waals surface area contributed by atoms with Crippen LogP contribution in [0, 0.1) is 17.8 Å². The van der Waals surface area contributed by atoms with E-state index in [9.17, 15) is 22.8 Å². The minimum absolute atomic E-state index is 0.223. The Kier molecular flexibility index (Phi) is 13.9. The number of carbonyl (C=O) groups excluding carboxylic acids is 2. The number of unbranched alkanes of at least 4 members (excludes halogenated alkanes) is 5. The lowest BCUT2D eigenvalue weighted by atomic mass is 10.1. The van der Waals surface area contributed by atoms with Gasteiger partial charge in [0, 0.05) is 0 Å². The van der Waals surface area contributed by atoms with Gasteiger partial charge in [-0.1, -0.05) is 58.1 Å². The summed E-state index contributed by atoms with van der Waals surface area (Å²) in [5.74, 6) is -3.52. The van der Waals surface area contributed by atoms with Crippen molar-refractivity contribution in [1.29, 1.82) is 0 Å². The minimum atomic E-state index is -1.17. The Bertz CT molecular complexity index is 1460. The Morgan fingerprint density at radius 2 is 1.25 bits per heavy atom. The number of aryl methyl sites for hydroxylation is 1. The monoisotopic (exact) mass is 608 g/mol. The molecule has 4 rings (SSSR count). The van der Waals surface area contributed by atoms with E-state index in [1.165, 1.54) is 50.1 Å². The lowest BCUT2D eigenvalue weighted by Gasteiger charge is -2.08. The van der Waals surface area contributed by atoms with Crippen LogP contribution in [0.3, 0.4) is 0 Å². The highest BCUT2D eigenvalue weighted by molar-refractivity contribution is 5.91. The highest BCUT2D eigenvalue weighted by Gasteiger charge is 2.14. The van der Waals surface area contributed by atoms with Crippen LogP contribution in [0.4, 0.5) is 13.2 Å². The summed E-state index contributed by atoms with van der Waals surface area (Å²) in [5, 5.41) is 0. The lowest BCUT2D eigenvalue weighted by molar-refractivity contribution is 0.0719. The molecule has 0 N–H and O–H groups in total. The number of nitrogens with zero attached hydrogens (tertiary/aromatic N) is 2. The summed E-state index contributed by atoms with van der Waals surface area (Å²) >= 11 is 0. The van der Waals surface area contributed by atoms with Gasteiger partial charge < -0.3 is 14.2 Å². The minimum Gasteiger partial charge on any atom is -0.494 e. The third-order valence-corrected chi connectivity index (χ3v) is 6.35. The number of pyridine rings is 2. The van der Waals surface area contributed by atoms with Crippen LogP contribution in [0.15, 0.2) is 79.0 Å². The second kappa shape index (κ2) is 18.0. The molecule has 0 aliphatic carbocycles. The van der Waals surface area contributed by atoms with E-state index in [0.717, 1.165) is 43.0 Å². The predicted molar refractivity (Wildman–Crippen MR) is 159 cm³/mol. The number of benzene rings is 2. The van der Waals surface area contributed by atoms with E-state index in [1.807, 2.05) is 19.1 Å². The van der Waals surface area contributed by atoms with Gasteiger partial charge in [0.1, 0.15) is 11.5 Å². The summed E-state index contributed by atoms with van der Waals surface area (Å²) in [6, 6.07) is 18.0. The molecule has 0 spiro atoms. The quantitative estimate of drug-likeness (QED) is 0.0857. The van der Waals surface area contributed by atoms with Crippen molar-refractivity contribution in [1.82, 2.24) is 9.97 Å². The van der Waals surface area contributed by atoms with Gasteiger partial charge in [0.25, 0.3) is 5.95 Å². The zero-order valence-corrected chi connectivity index (χ0v) is 24.7. The van der Waals surface area contributed by atoms with E-state index < -0.39 is 35.5 Å². The molecule has 44 heavy (non-hydrogen) atoms. The molecule has 0 atom stereocenters. The van der Waals surface area contributed by atoms with Crippen LogP contribution in [0.2, 0.25) is 0 Å². The molecule has 0 unspecified atom stereocenters. The van der Waals surface area contributed by atoms with Crippen LogP contribution >= 0.6 is 0 Å². The first-order valence-electron chi connectivity index (χ1n) is 14.5. The Balaban J connectivity index is 0.000000257. The van der Waals surface area contributed by atoms with Gasteiger partial charge in [-0.05, 0) is 79.1 Å². The molecule has 2 aromatic heterocycles. The largest absolute Gasteiger partial charge is 0.494 e. The van der Waals surface area contributed by atoms with E-state index in [0.29, 0.717) is 17.9 Å². The van der Waals surface area contributed by atoms with Crippen molar-refractivity contribution in [3.05, 3.63) is 114 Å². The van der Waals surface area contributed by atoms with E-state index in [4.69, 9.17) is 14.2 Å². The van der Waals surface area contributed by atoms with Crippen molar-refractivity contribution in [3.63, 3.8) is 0 Å². The second-order valence-electron chi connectivity index (χ2n) is 9.71. The van der Waals surface area contributed by atoms with Gasteiger partial charge in [-0.25, -0.2) is 14.6 Å². The third kappa shape index (κ3) is 11.5.